The molecule has 1 N–H and O–H groups in total. The van der Waals surface area contributed by atoms with Crippen LogP contribution in [0.1, 0.15) is 51.8 Å². The SMILES string of the molecule is CC1NC(c2cccc(F)c2)N(C2CCCC2(C)C)C1=O. The molecule has 1 aliphatic carbocycles. The lowest BCUT2D eigenvalue weighted by Crippen LogP contribution is -2.45. The number of halogens is 1. The average Bonchev–Trinajstić information content (AvgIpc) is 2.90. The van der Waals surface area contributed by atoms with Crippen molar-refractivity contribution in [1.82, 2.24) is 10.2 Å². The molecule has 114 valence electrons. The van der Waals surface area contributed by atoms with Crippen LogP contribution in [0.5, 0.6) is 0 Å². The third-order valence-electron chi connectivity index (χ3n) is 5.01. The van der Waals surface area contributed by atoms with Gasteiger partial charge in [-0.3, -0.25) is 10.1 Å². The summed E-state index contributed by atoms with van der Waals surface area (Å²) in [6, 6.07) is 6.56. The minimum absolute atomic E-state index is 0.118. The van der Waals surface area contributed by atoms with E-state index >= 15 is 0 Å². The number of benzene rings is 1. The van der Waals surface area contributed by atoms with Gasteiger partial charge in [-0.05, 0) is 42.9 Å². The first-order chi connectivity index (χ1) is 9.90. The molecule has 3 rings (SSSR count). The van der Waals surface area contributed by atoms with Crippen molar-refractivity contribution in [3.63, 3.8) is 0 Å². The zero-order valence-corrected chi connectivity index (χ0v) is 12.9. The van der Waals surface area contributed by atoms with E-state index in [1.165, 1.54) is 12.1 Å². The zero-order chi connectivity index (χ0) is 15.2. The van der Waals surface area contributed by atoms with Crippen molar-refractivity contribution in [1.29, 1.82) is 0 Å². The van der Waals surface area contributed by atoms with E-state index in [0.717, 1.165) is 24.8 Å². The van der Waals surface area contributed by atoms with Gasteiger partial charge in [-0.25, -0.2) is 4.39 Å². The van der Waals surface area contributed by atoms with Crippen molar-refractivity contribution in [2.24, 2.45) is 5.41 Å². The monoisotopic (exact) mass is 290 g/mol. The predicted molar refractivity (Wildman–Crippen MR) is 80.0 cm³/mol. The Kier molecular flexibility index (Phi) is 3.52. The van der Waals surface area contributed by atoms with Crippen molar-refractivity contribution < 1.29 is 9.18 Å². The summed E-state index contributed by atoms with van der Waals surface area (Å²) >= 11 is 0. The number of amides is 1. The third kappa shape index (κ3) is 2.46. The molecule has 1 saturated carbocycles. The van der Waals surface area contributed by atoms with Crippen molar-refractivity contribution in [2.75, 3.05) is 0 Å². The van der Waals surface area contributed by atoms with Crippen molar-refractivity contribution >= 4 is 5.91 Å². The Morgan fingerprint density at radius 1 is 1.38 bits per heavy atom. The first-order valence-electron chi connectivity index (χ1n) is 7.74. The van der Waals surface area contributed by atoms with E-state index in [1.807, 2.05) is 17.9 Å². The van der Waals surface area contributed by atoms with Crippen LogP contribution in [0, 0.1) is 11.2 Å². The molecule has 0 radical (unpaired) electrons. The van der Waals surface area contributed by atoms with Gasteiger partial charge in [-0.2, -0.15) is 0 Å². The van der Waals surface area contributed by atoms with E-state index in [2.05, 4.69) is 19.2 Å². The second kappa shape index (κ2) is 5.09. The topological polar surface area (TPSA) is 32.3 Å². The highest BCUT2D eigenvalue weighted by atomic mass is 19.1. The van der Waals surface area contributed by atoms with Crippen LogP contribution < -0.4 is 5.32 Å². The number of hydrogen-bond donors (Lipinski definition) is 1. The van der Waals surface area contributed by atoms with E-state index < -0.39 is 0 Å². The molecule has 3 unspecified atom stereocenters. The van der Waals surface area contributed by atoms with Gasteiger partial charge in [0.05, 0.1) is 6.04 Å². The Bertz CT molecular complexity index is 557. The molecule has 2 fully saturated rings. The lowest BCUT2D eigenvalue weighted by atomic mass is 9.86. The van der Waals surface area contributed by atoms with Gasteiger partial charge < -0.3 is 4.90 Å². The summed E-state index contributed by atoms with van der Waals surface area (Å²) in [4.78, 5) is 14.6. The maximum atomic E-state index is 13.5. The van der Waals surface area contributed by atoms with Crippen LogP contribution in [0.2, 0.25) is 0 Å². The second-order valence-corrected chi connectivity index (χ2v) is 6.99. The Hall–Kier alpha value is -1.42. The largest absolute Gasteiger partial charge is 0.318 e. The molecule has 1 saturated heterocycles. The van der Waals surface area contributed by atoms with Crippen molar-refractivity contribution in [3.8, 4) is 0 Å². The molecule has 1 aromatic carbocycles. The minimum atomic E-state index is -0.257. The standard InChI is InChI=1S/C17H23FN2O/c1-11-16(21)20(14-8-5-9-17(14,2)3)15(19-11)12-6-4-7-13(18)10-12/h4,6-7,10-11,14-15,19H,5,8-9H2,1-3H3. The summed E-state index contributed by atoms with van der Waals surface area (Å²) in [7, 11) is 0. The quantitative estimate of drug-likeness (QED) is 0.907. The van der Waals surface area contributed by atoms with Crippen molar-refractivity contribution in [3.05, 3.63) is 35.6 Å². The number of carbonyl (C=O) groups excluding carboxylic acids is 1. The molecule has 2 aliphatic rings. The van der Waals surface area contributed by atoms with Gasteiger partial charge in [0, 0.05) is 6.04 Å². The van der Waals surface area contributed by atoms with Crippen LogP contribution in [0.25, 0.3) is 0 Å². The lowest BCUT2D eigenvalue weighted by molar-refractivity contribution is -0.134. The molecule has 3 atom stereocenters. The highest BCUT2D eigenvalue weighted by molar-refractivity contribution is 5.84. The number of nitrogens with one attached hydrogen (secondary N) is 1. The van der Waals surface area contributed by atoms with Crippen LogP contribution in [0.3, 0.4) is 0 Å². The fraction of sp³-hybridized carbons (Fsp3) is 0.588. The number of rotatable bonds is 2. The summed E-state index contributed by atoms with van der Waals surface area (Å²) in [5, 5.41) is 3.32. The molecular formula is C17H23FN2O. The second-order valence-electron chi connectivity index (χ2n) is 6.99. The molecular weight excluding hydrogens is 267 g/mol. The summed E-state index contributed by atoms with van der Waals surface area (Å²) in [6.07, 6.45) is 3.08. The van der Waals surface area contributed by atoms with Crippen LogP contribution >= 0.6 is 0 Å². The van der Waals surface area contributed by atoms with Crippen LogP contribution in [0.4, 0.5) is 4.39 Å². The predicted octanol–water partition coefficient (Wildman–Crippen LogP) is 3.22. The molecule has 1 amide bonds. The molecule has 4 heteroatoms. The summed E-state index contributed by atoms with van der Waals surface area (Å²) in [5.41, 5.74) is 0.947. The lowest BCUT2D eigenvalue weighted by Gasteiger charge is -2.38. The molecule has 1 aliphatic heterocycles. The van der Waals surface area contributed by atoms with Gasteiger partial charge in [-0.15, -0.1) is 0 Å². The van der Waals surface area contributed by atoms with Gasteiger partial charge in [0.15, 0.2) is 0 Å². The maximum Gasteiger partial charge on any atom is 0.241 e. The zero-order valence-electron chi connectivity index (χ0n) is 12.9. The van der Waals surface area contributed by atoms with Crippen LogP contribution in [-0.4, -0.2) is 22.9 Å². The van der Waals surface area contributed by atoms with Crippen LogP contribution in [-0.2, 0) is 4.79 Å². The smallest absolute Gasteiger partial charge is 0.241 e. The van der Waals surface area contributed by atoms with Gasteiger partial charge in [0.1, 0.15) is 12.0 Å². The number of hydrogen-bond acceptors (Lipinski definition) is 2. The Balaban J connectivity index is 1.97. The summed E-state index contributed by atoms with van der Waals surface area (Å²) in [5.74, 6) is -0.129. The van der Waals surface area contributed by atoms with E-state index in [-0.39, 0.29) is 35.4 Å². The van der Waals surface area contributed by atoms with Gasteiger partial charge in [0.2, 0.25) is 5.91 Å². The molecule has 0 aromatic heterocycles. The molecule has 1 aromatic rings. The number of nitrogens with zero attached hydrogens (tertiary/aromatic N) is 1. The molecule has 3 nitrogen and oxygen atoms in total. The Labute approximate surface area is 125 Å². The van der Waals surface area contributed by atoms with Crippen molar-refractivity contribution in [2.45, 2.75) is 58.3 Å². The maximum absolute atomic E-state index is 13.5. The summed E-state index contributed by atoms with van der Waals surface area (Å²) < 4.78 is 13.5. The third-order valence-corrected chi connectivity index (χ3v) is 5.01. The first kappa shape index (κ1) is 14.5. The fourth-order valence-electron chi connectivity index (χ4n) is 3.83. The normalized spacial score (nSPS) is 31.9. The van der Waals surface area contributed by atoms with E-state index in [4.69, 9.17) is 0 Å². The highest BCUT2D eigenvalue weighted by Gasteiger charge is 2.48. The van der Waals surface area contributed by atoms with E-state index in [1.54, 1.807) is 6.07 Å². The molecule has 0 bridgehead atoms. The minimum Gasteiger partial charge on any atom is -0.318 e. The Morgan fingerprint density at radius 3 is 2.76 bits per heavy atom. The molecule has 21 heavy (non-hydrogen) atoms. The average molecular weight is 290 g/mol. The fourth-order valence-corrected chi connectivity index (χ4v) is 3.83. The molecule has 0 spiro atoms. The Morgan fingerprint density at radius 2 is 2.14 bits per heavy atom. The van der Waals surface area contributed by atoms with Gasteiger partial charge in [0.25, 0.3) is 0 Å². The van der Waals surface area contributed by atoms with E-state index in [0.29, 0.717) is 0 Å². The molecule has 1 heterocycles. The number of carbonyl (C=O) groups is 1. The summed E-state index contributed by atoms with van der Waals surface area (Å²) in [6.45, 7) is 6.34. The van der Waals surface area contributed by atoms with Gasteiger partial charge >= 0.3 is 0 Å². The van der Waals surface area contributed by atoms with E-state index in [9.17, 15) is 9.18 Å². The van der Waals surface area contributed by atoms with Gasteiger partial charge in [-0.1, -0.05) is 32.4 Å². The highest BCUT2D eigenvalue weighted by Crippen LogP contribution is 2.44. The first-order valence-corrected chi connectivity index (χ1v) is 7.74. The van der Waals surface area contributed by atoms with Crippen LogP contribution in [0.15, 0.2) is 24.3 Å².